The summed E-state index contributed by atoms with van der Waals surface area (Å²) in [6, 6.07) is -0.906. The van der Waals surface area contributed by atoms with E-state index in [1.165, 1.54) is 45.1 Å². The average molecular weight is 588 g/mol. The van der Waals surface area contributed by atoms with Gasteiger partial charge < -0.3 is 25.9 Å². The van der Waals surface area contributed by atoms with Crippen molar-refractivity contribution < 1.29 is 29.1 Å². The number of oxime groups is 1. The van der Waals surface area contributed by atoms with Crippen molar-refractivity contribution in [3.8, 4) is 0 Å². The van der Waals surface area contributed by atoms with Crippen LogP contribution < -0.4 is 22.3 Å². The van der Waals surface area contributed by atoms with Crippen LogP contribution >= 0.6 is 46.2 Å². The maximum absolute atomic E-state index is 13.0. The number of carboxylic acid groups (broad SMARTS) is 1. The highest BCUT2D eigenvalue weighted by molar-refractivity contribution is 8.01. The van der Waals surface area contributed by atoms with E-state index in [0.29, 0.717) is 4.34 Å². The van der Waals surface area contributed by atoms with E-state index in [9.17, 15) is 24.3 Å². The first-order valence-electron chi connectivity index (χ1n) is 10.4. The Morgan fingerprint density at radius 3 is 2.81 bits per heavy atom. The van der Waals surface area contributed by atoms with Gasteiger partial charge in [-0.1, -0.05) is 28.3 Å². The SMILES string of the molecule is Cc1nnc(SCC2(C(=O)O)CS[C@@H]3C(NC(=O)C(=NOCC(=O)NN)c4csc(N)n4)C(=O)N3C2)s1. The van der Waals surface area contributed by atoms with Gasteiger partial charge in [0.15, 0.2) is 21.8 Å². The van der Waals surface area contributed by atoms with Crippen molar-refractivity contribution in [3.05, 3.63) is 16.1 Å². The van der Waals surface area contributed by atoms with Crippen LogP contribution in [0.5, 0.6) is 0 Å². The van der Waals surface area contributed by atoms with Gasteiger partial charge in [-0.25, -0.2) is 10.8 Å². The average Bonchev–Trinajstić information content (AvgIpc) is 3.50. The molecule has 2 aliphatic heterocycles. The Hall–Kier alpha value is -3.00. The van der Waals surface area contributed by atoms with E-state index in [1.807, 2.05) is 12.3 Å². The molecule has 2 unspecified atom stereocenters. The number of β-lactam (4-membered cyclic amide) rings is 1. The van der Waals surface area contributed by atoms with Crippen LogP contribution in [-0.4, -0.2) is 90.7 Å². The van der Waals surface area contributed by atoms with Gasteiger partial charge in [0.1, 0.15) is 27.5 Å². The quantitative estimate of drug-likeness (QED) is 0.0553. The van der Waals surface area contributed by atoms with Crippen LogP contribution in [0.25, 0.3) is 0 Å². The second kappa shape index (κ2) is 11.2. The second-order valence-corrected chi connectivity index (χ2v) is 12.3. The van der Waals surface area contributed by atoms with E-state index >= 15 is 0 Å². The molecule has 0 spiro atoms. The summed E-state index contributed by atoms with van der Waals surface area (Å²) in [5.41, 5.74) is 6.15. The number of hydrazine groups is 1. The Morgan fingerprint density at radius 2 is 2.19 bits per heavy atom. The van der Waals surface area contributed by atoms with Crippen LogP contribution in [0.4, 0.5) is 5.13 Å². The summed E-state index contributed by atoms with van der Waals surface area (Å²) in [5, 5.41) is 26.2. The summed E-state index contributed by atoms with van der Waals surface area (Å²) in [6.45, 7) is 1.26. The highest BCUT2D eigenvalue weighted by atomic mass is 32.2. The number of carboxylic acids is 1. The van der Waals surface area contributed by atoms with E-state index in [4.69, 9.17) is 16.4 Å². The smallest absolute Gasteiger partial charge is 0.313 e. The number of amides is 3. The van der Waals surface area contributed by atoms with Crippen LogP contribution in [0.3, 0.4) is 0 Å². The van der Waals surface area contributed by atoms with E-state index in [1.54, 1.807) is 0 Å². The lowest BCUT2D eigenvalue weighted by Crippen LogP contribution is -2.74. The molecule has 0 saturated carbocycles. The van der Waals surface area contributed by atoms with Gasteiger partial charge in [0.25, 0.3) is 11.8 Å². The molecule has 3 amide bonds. The molecule has 4 rings (SSSR count). The van der Waals surface area contributed by atoms with E-state index in [2.05, 4.69) is 25.7 Å². The molecule has 0 radical (unpaired) electrons. The standard InChI is InChI=1S/C18H21N9O6S4/c1-7-24-25-17(37-7)36-6-18(15(31)32)4-27-13(30)11(14(27)35-5-18)22-12(29)10(8-3-34-16(19)21-8)26-33-2-9(28)23-20/h3,11,14H,2,4-6,20H2,1H3,(H2,19,21)(H,22,29)(H,23,28)(H,31,32)/t11?,14-,18?/m1/s1. The lowest BCUT2D eigenvalue weighted by atomic mass is 9.89. The van der Waals surface area contributed by atoms with Gasteiger partial charge >= 0.3 is 5.97 Å². The number of nitrogens with one attached hydrogen (secondary N) is 2. The summed E-state index contributed by atoms with van der Waals surface area (Å²) >= 11 is 5.00. The first kappa shape index (κ1) is 27.0. The number of nitrogen functional groups attached to an aromatic ring is 1. The van der Waals surface area contributed by atoms with Crippen molar-refractivity contribution in [2.75, 3.05) is 30.4 Å². The third-order valence-electron chi connectivity index (χ3n) is 5.36. The van der Waals surface area contributed by atoms with Crippen molar-refractivity contribution in [3.63, 3.8) is 0 Å². The van der Waals surface area contributed by atoms with Gasteiger partial charge in [0.05, 0.1) is 0 Å². The highest BCUT2D eigenvalue weighted by Crippen LogP contribution is 2.44. The highest BCUT2D eigenvalue weighted by Gasteiger charge is 2.57. The van der Waals surface area contributed by atoms with Gasteiger partial charge in [0.2, 0.25) is 5.91 Å². The minimum atomic E-state index is -1.18. The number of hydrogen-bond donors (Lipinski definition) is 5. The summed E-state index contributed by atoms with van der Waals surface area (Å²) in [7, 11) is 0. The molecule has 37 heavy (non-hydrogen) atoms. The van der Waals surface area contributed by atoms with Crippen LogP contribution in [0.15, 0.2) is 14.9 Å². The number of thiazole rings is 1. The number of nitrogens with two attached hydrogens (primary N) is 2. The molecule has 2 aromatic heterocycles. The van der Waals surface area contributed by atoms with Gasteiger partial charge in [-0.3, -0.25) is 24.6 Å². The molecule has 0 bridgehead atoms. The zero-order chi connectivity index (χ0) is 26.7. The van der Waals surface area contributed by atoms with Crippen molar-refractivity contribution in [1.29, 1.82) is 0 Å². The van der Waals surface area contributed by atoms with Gasteiger partial charge in [-0.05, 0) is 6.92 Å². The Morgan fingerprint density at radius 1 is 1.41 bits per heavy atom. The topological polar surface area (TPSA) is 228 Å². The number of aryl methyl sites for hydroxylation is 1. The third kappa shape index (κ3) is 5.79. The molecule has 7 N–H and O–H groups in total. The molecule has 15 nitrogen and oxygen atoms in total. The number of hydrogen-bond acceptors (Lipinski definition) is 15. The lowest BCUT2D eigenvalue weighted by molar-refractivity contribution is -0.157. The molecule has 19 heteroatoms. The van der Waals surface area contributed by atoms with Gasteiger partial charge in [0, 0.05) is 23.4 Å². The maximum Gasteiger partial charge on any atom is 0.313 e. The lowest BCUT2D eigenvalue weighted by Gasteiger charge is -2.53. The molecule has 4 heterocycles. The number of aromatic nitrogens is 3. The predicted molar refractivity (Wildman–Crippen MR) is 137 cm³/mol. The summed E-state index contributed by atoms with van der Waals surface area (Å²) in [5.74, 6) is 2.56. The number of nitrogens with zero attached hydrogens (tertiary/aromatic N) is 5. The van der Waals surface area contributed by atoms with Crippen LogP contribution in [-0.2, 0) is 24.0 Å². The molecule has 0 aromatic carbocycles. The normalized spacial score (nSPS) is 23.1. The Kier molecular flexibility index (Phi) is 8.17. The fourth-order valence-electron chi connectivity index (χ4n) is 3.45. The fraction of sp³-hybridized carbons (Fsp3) is 0.444. The van der Waals surface area contributed by atoms with E-state index < -0.39 is 47.1 Å². The molecule has 198 valence electrons. The molecule has 2 aliphatic rings. The minimum absolute atomic E-state index is 0.00311. The van der Waals surface area contributed by atoms with Crippen molar-refractivity contribution in [1.82, 2.24) is 30.8 Å². The molecule has 2 aromatic rings. The number of rotatable bonds is 10. The number of carbonyl (C=O) groups is 4. The van der Waals surface area contributed by atoms with E-state index in [-0.39, 0.29) is 34.6 Å². The van der Waals surface area contributed by atoms with Crippen molar-refractivity contribution in [2.45, 2.75) is 22.7 Å². The summed E-state index contributed by atoms with van der Waals surface area (Å²) in [6.07, 6.45) is 0. The maximum atomic E-state index is 13.0. The molecule has 2 saturated heterocycles. The fourth-order valence-corrected chi connectivity index (χ4v) is 7.67. The number of fused-ring (bicyclic) bond motifs is 1. The molecule has 3 atom stereocenters. The molecular formula is C18H21N9O6S4. The number of thioether (sulfide) groups is 2. The van der Waals surface area contributed by atoms with Crippen molar-refractivity contribution >= 4 is 80.7 Å². The number of anilines is 1. The van der Waals surface area contributed by atoms with Gasteiger partial charge in [-0.2, -0.15) is 0 Å². The second-order valence-electron chi connectivity index (χ2n) is 7.93. The van der Waals surface area contributed by atoms with Gasteiger partial charge in [-0.15, -0.1) is 33.3 Å². The minimum Gasteiger partial charge on any atom is -0.481 e. The summed E-state index contributed by atoms with van der Waals surface area (Å²) < 4.78 is 0.658. The molecule has 2 fully saturated rings. The number of aliphatic carboxylic acids is 1. The van der Waals surface area contributed by atoms with E-state index in [0.717, 1.165) is 16.3 Å². The zero-order valence-corrected chi connectivity index (χ0v) is 22.3. The predicted octanol–water partition coefficient (Wildman–Crippen LogP) is -1.14. The molecule has 0 aliphatic carbocycles. The Labute approximate surface area is 225 Å². The zero-order valence-electron chi connectivity index (χ0n) is 19.1. The summed E-state index contributed by atoms with van der Waals surface area (Å²) in [4.78, 5) is 59.8. The third-order valence-corrected chi connectivity index (χ3v) is 9.88. The Balaban J connectivity index is 1.42. The molecular weight excluding hydrogens is 567 g/mol. The first-order valence-corrected chi connectivity index (χ1v) is 14.2. The largest absolute Gasteiger partial charge is 0.481 e. The van der Waals surface area contributed by atoms with Crippen LogP contribution in [0.2, 0.25) is 0 Å². The monoisotopic (exact) mass is 587 g/mol. The number of carbonyl (C=O) groups excluding carboxylic acids is 3. The Bertz CT molecular complexity index is 1250. The van der Waals surface area contributed by atoms with Crippen LogP contribution in [0, 0.1) is 12.3 Å². The first-order chi connectivity index (χ1) is 17.6. The van der Waals surface area contributed by atoms with Crippen LogP contribution in [0.1, 0.15) is 10.7 Å². The van der Waals surface area contributed by atoms with Crippen molar-refractivity contribution in [2.24, 2.45) is 16.4 Å².